The minimum atomic E-state index is 0.301. The molecule has 0 bridgehead atoms. The Labute approximate surface area is 157 Å². The molecular formula is C20H25N5O2. The first-order valence-corrected chi connectivity index (χ1v) is 9.94. The Balaban J connectivity index is 1.27. The third-order valence-corrected chi connectivity index (χ3v) is 6.16. The molecule has 0 radical (unpaired) electrons. The van der Waals surface area contributed by atoms with Crippen molar-refractivity contribution in [2.24, 2.45) is 5.92 Å². The zero-order valence-electron chi connectivity index (χ0n) is 15.4. The molecule has 0 spiro atoms. The Hall–Kier alpha value is -2.41. The highest BCUT2D eigenvalue weighted by Gasteiger charge is 2.27. The number of aromatic nitrogens is 4. The topological polar surface area (TPSA) is 76.0 Å². The largest absolute Gasteiger partial charge is 0.378 e. The molecule has 1 amide bonds. The predicted molar refractivity (Wildman–Crippen MR) is 102 cm³/mol. The van der Waals surface area contributed by atoms with Crippen molar-refractivity contribution < 1.29 is 9.53 Å². The molecule has 7 heteroatoms. The van der Waals surface area contributed by atoms with Crippen LogP contribution in [0, 0.1) is 5.92 Å². The molecule has 1 aliphatic carbocycles. The fourth-order valence-electron chi connectivity index (χ4n) is 4.62. The SMILES string of the molecule is O=C(CC1CCC(n2cnc3cnc4[nH]ccc4c32)CC1)N1CCOCC1. The van der Waals surface area contributed by atoms with Gasteiger partial charge in [0.25, 0.3) is 0 Å². The molecule has 1 saturated carbocycles. The Bertz CT molecular complexity index is 948. The average Bonchev–Trinajstić information content (AvgIpc) is 3.35. The van der Waals surface area contributed by atoms with Gasteiger partial charge in [0, 0.05) is 37.1 Å². The normalized spacial score (nSPS) is 23.9. The smallest absolute Gasteiger partial charge is 0.223 e. The van der Waals surface area contributed by atoms with Crippen molar-refractivity contribution in [2.75, 3.05) is 26.3 Å². The summed E-state index contributed by atoms with van der Waals surface area (Å²) in [5.41, 5.74) is 3.04. The van der Waals surface area contributed by atoms with Crippen molar-refractivity contribution in [3.63, 3.8) is 0 Å². The van der Waals surface area contributed by atoms with Gasteiger partial charge >= 0.3 is 0 Å². The standard InChI is InChI=1S/C20H25N5O2/c26-18(24-7-9-27-10-8-24)11-14-1-3-15(4-2-14)25-13-23-17-12-22-20-16(19(17)25)5-6-21-20/h5-6,12-15H,1-4,7-11H2,(H,21,22). The number of amides is 1. The third kappa shape index (κ3) is 3.10. The number of nitrogens with zero attached hydrogens (tertiary/aromatic N) is 4. The van der Waals surface area contributed by atoms with Crippen LogP contribution >= 0.6 is 0 Å². The van der Waals surface area contributed by atoms with Crippen molar-refractivity contribution in [2.45, 2.75) is 38.1 Å². The van der Waals surface area contributed by atoms with Crippen LogP contribution in [0.5, 0.6) is 0 Å². The highest BCUT2D eigenvalue weighted by molar-refractivity contribution is 6.00. The summed E-state index contributed by atoms with van der Waals surface area (Å²) in [5.74, 6) is 0.801. The zero-order valence-corrected chi connectivity index (χ0v) is 15.4. The summed E-state index contributed by atoms with van der Waals surface area (Å²) in [7, 11) is 0. The number of aromatic amines is 1. The molecule has 2 fully saturated rings. The monoisotopic (exact) mass is 367 g/mol. The molecule has 1 saturated heterocycles. The van der Waals surface area contributed by atoms with Crippen molar-refractivity contribution in [1.29, 1.82) is 0 Å². The average molecular weight is 367 g/mol. The van der Waals surface area contributed by atoms with Crippen LogP contribution in [0.3, 0.4) is 0 Å². The second kappa shape index (κ2) is 6.96. The molecule has 142 valence electrons. The molecule has 4 heterocycles. The number of hydrogen-bond donors (Lipinski definition) is 1. The number of rotatable bonds is 3. The lowest BCUT2D eigenvalue weighted by Gasteiger charge is -2.32. The van der Waals surface area contributed by atoms with Crippen LogP contribution in [-0.4, -0.2) is 56.6 Å². The lowest BCUT2D eigenvalue weighted by molar-refractivity contribution is -0.136. The number of imidazole rings is 1. The Kier molecular flexibility index (Phi) is 4.32. The third-order valence-electron chi connectivity index (χ3n) is 6.16. The summed E-state index contributed by atoms with van der Waals surface area (Å²) in [5, 5.41) is 1.13. The first-order chi connectivity index (χ1) is 13.3. The molecule has 0 unspecified atom stereocenters. The zero-order chi connectivity index (χ0) is 18.2. The van der Waals surface area contributed by atoms with E-state index in [9.17, 15) is 4.79 Å². The molecule has 1 aliphatic heterocycles. The first-order valence-electron chi connectivity index (χ1n) is 9.94. The lowest BCUT2D eigenvalue weighted by Crippen LogP contribution is -2.41. The van der Waals surface area contributed by atoms with Gasteiger partial charge in [-0.25, -0.2) is 9.97 Å². The highest BCUT2D eigenvalue weighted by Crippen LogP contribution is 2.36. The molecule has 1 N–H and O–H groups in total. The van der Waals surface area contributed by atoms with Gasteiger partial charge in [-0.2, -0.15) is 0 Å². The van der Waals surface area contributed by atoms with E-state index in [1.54, 1.807) is 0 Å². The van der Waals surface area contributed by atoms with E-state index in [4.69, 9.17) is 4.74 Å². The fourth-order valence-corrected chi connectivity index (χ4v) is 4.62. The molecular weight excluding hydrogens is 342 g/mol. The number of nitrogens with one attached hydrogen (secondary N) is 1. The number of morpholine rings is 1. The van der Waals surface area contributed by atoms with E-state index >= 15 is 0 Å². The Morgan fingerprint density at radius 3 is 2.81 bits per heavy atom. The van der Waals surface area contributed by atoms with Crippen LogP contribution in [-0.2, 0) is 9.53 Å². The number of fused-ring (bicyclic) bond motifs is 3. The van der Waals surface area contributed by atoms with Crippen molar-refractivity contribution in [1.82, 2.24) is 24.4 Å². The van der Waals surface area contributed by atoms with Crippen LogP contribution in [0.25, 0.3) is 22.1 Å². The lowest BCUT2D eigenvalue weighted by atomic mass is 9.83. The van der Waals surface area contributed by atoms with E-state index in [2.05, 4.69) is 25.6 Å². The van der Waals surface area contributed by atoms with E-state index in [0.717, 1.165) is 55.3 Å². The maximum absolute atomic E-state index is 12.5. The van der Waals surface area contributed by atoms with Gasteiger partial charge in [0.05, 0.1) is 31.3 Å². The molecule has 5 rings (SSSR count). The number of ether oxygens (including phenoxy) is 1. The highest BCUT2D eigenvalue weighted by atomic mass is 16.5. The summed E-state index contributed by atoms with van der Waals surface area (Å²) in [4.78, 5) is 26.7. The molecule has 0 atom stereocenters. The van der Waals surface area contributed by atoms with E-state index in [-0.39, 0.29) is 0 Å². The molecule has 3 aromatic rings. The quantitative estimate of drug-likeness (QED) is 0.772. The van der Waals surface area contributed by atoms with Gasteiger partial charge in [0.1, 0.15) is 11.2 Å². The predicted octanol–water partition coefficient (Wildman–Crippen LogP) is 2.89. The van der Waals surface area contributed by atoms with Crippen molar-refractivity contribution in [3.05, 3.63) is 24.8 Å². The number of carbonyl (C=O) groups excluding carboxylic acids is 1. The Morgan fingerprint density at radius 2 is 2.00 bits per heavy atom. The number of carbonyl (C=O) groups is 1. The summed E-state index contributed by atoms with van der Waals surface area (Å²) in [6.45, 7) is 2.84. The number of hydrogen-bond acceptors (Lipinski definition) is 4. The summed E-state index contributed by atoms with van der Waals surface area (Å²) in [6.07, 6.45) is 10.8. The van der Waals surface area contributed by atoms with Gasteiger partial charge < -0.3 is 19.2 Å². The van der Waals surface area contributed by atoms with E-state index in [1.165, 1.54) is 5.52 Å². The molecule has 27 heavy (non-hydrogen) atoms. The second-order valence-electron chi connectivity index (χ2n) is 7.76. The van der Waals surface area contributed by atoms with Gasteiger partial charge in [0.15, 0.2) is 0 Å². The van der Waals surface area contributed by atoms with Crippen LogP contribution in [0.4, 0.5) is 0 Å². The molecule has 7 nitrogen and oxygen atoms in total. The maximum Gasteiger partial charge on any atom is 0.223 e. The summed E-state index contributed by atoms with van der Waals surface area (Å²) >= 11 is 0. The fraction of sp³-hybridized carbons (Fsp3) is 0.550. The summed E-state index contributed by atoms with van der Waals surface area (Å²) < 4.78 is 7.67. The number of H-pyrrole nitrogens is 1. The Morgan fingerprint density at radius 1 is 1.19 bits per heavy atom. The van der Waals surface area contributed by atoms with E-state index in [0.29, 0.717) is 37.5 Å². The molecule has 2 aliphatic rings. The van der Waals surface area contributed by atoms with Crippen LogP contribution in [0.2, 0.25) is 0 Å². The minimum absolute atomic E-state index is 0.301. The van der Waals surface area contributed by atoms with Crippen molar-refractivity contribution >= 4 is 28.0 Å². The van der Waals surface area contributed by atoms with Gasteiger partial charge in [-0.3, -0.25) is 4.79 Å². The van der Waals surface area contributed by atoms with Crippen molar-refractivity contribution in [3.8, 4) is 0 Å². The first kappa shape index (κ1) is 16.7. The number of pyridine rings is 1. The minimum Gasteiger partial charge on any atom is -0.378 e. The van der Waals surface area contributed by atoms with Gasteiger partial charge in [-0.15, -0.1) is 0 Å². The van der Waals surface area contributed by atoms with Gasteiger partial charge in [-0.1, -0.05) is 0 Å². The van der Waals surface area contributed by atoms with Crippen LogP contribution < -0.4 is 0 Å². The van der Waals surface area contributed by atoms with Gasteiger partial charge in [-0.05, 0) is 37.7 Å². The molecule has 3 aromatic heterocycles. The van der Waals surface area contributed by atoms with E-state index < -0.39 is 0 Å². The molecule has 0 aromatic carbocycles. The summed E-state index contributed by atoms with van der Waals surface area (Å²) in [6, 6.07) is 2.53. The van der Waals surface area contributed by atoms with Crippen LogP contribution in [0.15, 0.2) is 24.8 Å². The maximum atomic E-state index is 12.5. The van der Waals surface area contributed by atoms with Gasteiger partial charge in [0.2, 0.25) is 5.91 Å². The van der Waals surface area contributed by atoms with E-state index in [1.807, 2.05) is 23.6 Å². The van der Waals surface area contributed by atoms with Crippen LogP contribution in [0.1, 0.15) is 38.1 Å². The second-order valence-corrected chi connectivity index (χ2v) is 7.76.